The minimum absolute atomic E-state index is 0.729. The smallest absolute Gasteiger partial charge is 0.0285 e. The molecule has 94 valence electrons. The molecule has 0 spiro atoms. The third-order valence-electron chi connectivity index (χ3n) is 3.83. The minimum atomic E-state index is 0.729. The molecule has 0 radical (unpaired) electrons. The molecule has 0 amide bonds. The Morgan fingerprint density at radius 1 is 1.19 bits per heavy atom. The van der Waals surface area contributed by atoms with Crippen molar-refractivity contribution in [2.75, 3.05) is 38.2 Å². The number of rotatable bonds is 4. The maximum Gasteiger partial charge on any atom is 0.0285 e. The van der Waals surface area contributed by atoms with E-state index in [0.717, 1.165) is 12.0 Å². The van der Waals surface area contributed by atoms with Gasteiger partial charge in [0.25, 0.3) is 0 Å². The molecule has 1 aliphatic carbocycles. The first-order valence-corrected chi connectivity index (χ1v) is 8.00. The van der Waals surface area contributed by atoms with Gasteiger partial charge in [-0.1, -0.05) is 19.3 Å². The molecule has 1 heterocycles. The maximum atomic E-state index is 3.62. The molecule has 2 rings (SSSR count). The molecule has 1 saturated carbocycles. The van der Waals surface area contributed by atoms with Crippen LogP contribution >= 0.6 is 11.8 Å². The summed E-state index contributed by atoms with van der Waals surface area (Å²) in [6, 6.07) is 0.729. The summed E-state index contributed by atoms with van der Waals surface area (Å²) in [6.07, 6.45) is 7.35. The Balaban J connectivity index is 1.64. The molecule has 0 aromatic heterocycles. The SMILES string of the molecule is CN(CC1CCCCC1)CC1CSCCN1. The molecule has 1 atom stereocenters. The monoisotopic (exact) mass is 242 g/mol. The summed E-state index contributed by atoms with van der Waals surface area (Å²) in [5, 5.41) is 3.62. The molecule has 16 heavy (non-hydrogen) atoms. The molecule has 1 N–H and O–H groups in total. The van der Waals surface area contributed by atoms with Crippen LogP contribution < -0.4 is 5.32 Å². The third kappa shape index (κ3) is 4.27. The molecule has 2 nitrogen and oxygen atoms in total. The van der Waals surface area contributed by atoms with Gasteiger partial charge in [-0.2, -0.15) is 11.8 Å². The molecule has 0 bridgehead atoms. The van der Waals surface area contributed by atoms with E-state index >= 15 is 0 Å². The highest BCUT2D eigenvalue weighted by Crippen LogP contribution is 2.24. The van der Waals surface area contributed by atoms with E-state index in [2.05, 4.69) is 29.0 Å². The van der Waals surface area contributed by atoms with Gasteiger partial charge in [-0.25, -0.2) is 0 Å². The zero-order valence-electron chi connectivity index (χ0n) is 10.6. The second-order valence-electron chi connectivity index (χ2n) is 5.45. The largest absolute Gasteiger partial charge is 0.311 e. The summed E-state index contributed by atoms with van der Waals surface area (Å²) >= 11 is 2.10. The first-order valence-electron chi connectivity index (χ1n) is 6.84. The summed E-state index contributed by atoms with van der Waals surface area (Å²) in [7, 11) is 2.30. The molecule has 2 fully saturated rings. The highest BCUT2D eigenvalue weighted by Gasteiger charge is 2.18. The molecule has 1 aliphatic heterocycles. The number of thioether (sulfide) groups is 1. The van der Waals surface area contributed by atoms with E-state index in [-0.39, 0.29) is 0 Å². The van der Waals surface area contributed by atoms with Crippen molar-refractivity contribution in [1.29, 1.82) is 0 Å². The number of likely N-dealkylation sites (N-methyl/N-ethyl adjacent to an activating group) is 1. The quantitative estimate of drug-likeness (QED) is 0.814. The highest BCUT2D eigenvalue weighted by molar-refractivity contribution is 7.99. The van der Waals surface area contributed by atoms with E-state index in [1.54, 1.807) is 0 Å². The fourth-order valence-corrected chi connectivity index (χ4v) is 3.93. The van der Waals surface area contributed by atoms with E-state index in [1.807, 2.05) is 0 Å². The Morgan fingerprint density at radius 2 is 2.00 bits per heavy atom. The lowest BCUT2D eigenvalue weighted by Crippen LogP contribution is -2.45. The fraction of sp³-hybridized carbons (Fsp3) is 1.00. The van der Waals surface area contributed by atoms with Crippen LogP contribution in [0.2, 0.25) is 0 Å². The topological polar surface area (TPSA) is 15.3 Å². The van der Waals surface area contributed by atoms with Crippen LogP contribution in [0.15, 0.2) is 0 Å². The third-order valence-corrected chi connectivity index (χ3v) is 4.96. The summed E-state index contributed by atoms with van der Waals surface area (Å²) in [5.74, 6) is 3.58. The van der Waals surface area contributed by atoms with Crippen LogP contribution in [0.4, 0.5) is 0 Å². The number of hydrogen-bond acceptors (Lipinski definition) is 3. The van der Waals surface area contributed by atoms with Crippen molar-refractivity contribution in [2.45, 2.75) is 38.1 Å². The van der Waals surface area contributed by atoms with Gasteiger partial charge < -0.3 is 10.2 Å². The summed E-state index contributed by atoms with van der Waals surface area (Å²) in [5.41, 5.74) is 0. The van der Waals surface area contributed by atoms with Crippen molar-refractivity contribution in [3.8, 4) is 0 Å². The van der Waals surface area contributed by atoms with Crippen molar-refractivity contribution >= 4 is 11.8 Å². The first-order chi connectivity index (χ1) is 7.84. The van der Waals surface area contributed by atoms with Crippen LogP contribution in [0.1, 0.15) is 32.1 Å². The van der Waals surface area contributed by atoms with Gasteiger partial charge in [-0.3, -0.25) is 0 Å². The Hall–Kier alpha value is 0.270. The fourth-order valence-electron chi connectivity index (χ4n) is 3.00. The van der Waals surface area contributed by atoms with Crippen molar-refractivity contribution < 1.29 is 0 Å². The van der Waals surface area contributed by atoms with E-state index < -0.39 is 0 Å². The summed E-state index contributed by atoms with van der Waals surface area (Å²) in [6.45, 7) is 3.76. The van der Waals surface area contributed by atoms with Crippen molar-refractivity contribution in [2.24, 2.45) is 5.92 Å². The average molecular weight is 242 g/mol. The Morgan fingerprint density at radius 3 is 2.69 bits per heavy atom. The predicted molar refractivity (Wildman–Crippen MR) is 73.2 cm³/mol. The molecular formula is C13H26N2S. The Labute approximate surface area is 105 Å². The second-order valence-corrected chi connectivity index (χ2v) is 6.60. The van der Waals surface area contributed by atoms with Gasteiger partial charge in [0, 0.05) is 37.2 Å². The molecule has 1 saturated heterocycles. The van der Waals surface area contributed by atoms with Crippen molar-refractivity contribution in [1.82, 2.24) is 10.2 Å². The Bertz CT molecular complexity index is 166. The van der Waals surface area contributed by atoms with Gasteiger partial charge in [0.2, 0.25) is 0 Å². The Kier molecular flexibility index (Phi) is 5.46. The molecule has 1 unspecified atom stereocenters. The average Bonchev–Trinajstić information content (AvgIpc) is 2.31. The van der Waals surface area contributed by atoms with Crippen LogP contribution in [0.5, 0.6) is 0 Å². The van der Waals surface area contributed by atoms with E-state index in [0.29, 0.717) is 0 Å². The van der Waals surface area contributed by atoms with Crippen LogP contribution in [0, 0.1) is 5.92 Å². The summed E-state index contributed by atoms with van der Waals surface area (Å²) in [4.78, 5) is 2.56. The lowest BCUT2D eigenvalue weighted by atomic mass is 9.89. The summed E-state index contributed by atoms with van der Waals surface area (Å²) < 4.78 is 0. The van der Waals surface area contributed by atoms with Gasteiger partial charge in [0.1, 0.15) is 0 Å². The van der Waals surface area contributed by atoms with Crippen molar-refractivity contribution in [3.63, 3.8) is 0 Å². The minimum Gasteiger partial charge on any atom is -0.311 e. The van der Waals surface area contributed by atoms with E-state index in [4.69, 9.17) is 0 Å². The highest BCUT2D eigenvalue weighted by atomic mass is 32.2. The van der Waals surface area contributed by atoms with Crippen LogP contribution in [-0.4, -0.2) is 49.1 Å². The van der Waals surface area contributed by atoms with Crippen LogP contribution in [-0.2, 0) is 0 Å². The molecule has 2 aliphatic rings. The van der Waals surface area contributed by atoms with Crippen LogP contribution in [0.25, 0.3) is 0 Å². The van der Waals surface area contributed by atoms with Crippen LogP contribution in [0.3, 0.4) is 0 Å². The van der Waals surface area contributed by atoms with Crippen molar-refractivity contribution in [3.05, 3.63) is 0 Å². The molecule has 0 aromatic rings. The van der Waals surface area contributed by atoms with Gasteiger partial charge in [0.05, 0.1) is 0 Å². The van der Waals surface area contributed by atoms with E-state index in [1.165, 1.54) is 63.2 Å². The van der Waals surface area contributed by atoms with Gasteiger partial charge in [0.15, 0.2) is 0 Å². The molecule has 3 heteroatoms. The first kappa shape index (κ1) is 12.7. The zero-order chi connectivity index (χ0) is 11.2. The zero-order valence-corrected chi connectivity index (χ0v) is 11.4. The molecule has 0 aromatic carbocycles. The standard InChI is InChI=1S/C13H26N2S/c1-15(9-12-5-3-2-4-6-12)10-13-11-16-8-7-14-13/h12-14H,2-11H2,1H3. The maximum absolute atomic E-state index is 3.62. The molecular weight excluding hydrogens is 216 g/mol. The number of hydrogen-bond donors (Lipinski definition) is 1. The lowest BCUT2D eigenvalue weighted by Gasteiger charge is -2.31. The van der Waals surface area contributed by atoms with Gasteiger partial charge >= 0.3 is 0 Å². The van der Waals surface area contributed by atoms with Gasteiger partial charge in [-0.05, 0) is 25.8 Å². The van der Waals surface area contributed by atoms with E-state index in [9.17, 15) is 0 Å². The normalized spacial score (nSPS) is 28.5. The number of nitrogens with zero attached hydrogens (tertiary/aromatic N) is 1. The lowest BCUT2D eigenvalue weighted by molar-refractivity contribution is 0.220. The van der Waals surface area contributed by atoms with Gasteiger partial charge in [-0.15, -0.1) is 0 Å². The predicted octanol–water partition coefficient (Wildman–Crippen LogP) is 2.20. The second kappa shape index (κ2) is 6.87. The number of nitrogens with one attached hydrogen (secondary N) is 1.